The average Bonchev–Trinajstić information content (AvgIpc) is 2.74. The Labute approximate surface area is 203 Å². The fourth-order valence-corrected chi connectivity index (χ4v) is 3.95. The summed E-state index contributed by atoms with van der Waals surface area (Å²) in [6, 6.07) is 4.21. The van der Waals surface area contributed by atoms with Crippen molar-refractivity contribution in [2.24, 2.45) is 5.41 Å². The molecule has 0 saturated heterocycles. The lowest BCUT2D eigenvalue weighted by atomic mass is 9.72. The van der Waals surface area contributed by atoms with E-state index < -0.39 is 5.97 Å². The van der Waals surface area contributed by atoms with Crippen molar-refractivity contribution in [2.45, 2.75) is 67.2 Å². The smallest absolute Gasteiger partial charge is 0.310 e. The molecule has 0 spiro atoms. The van der Waals surface area contributed by atoms with Crippen LogP contribution in [0.4, 0.5) is 5.69 Å². The molecule has 5 heteroatoms. The molecule has 0 unspecified atom stereocenters. The fourth-order valence-electron chi connectivity index (χ4n) is 3.95. The highest BCUT2D eigenvalue weighted by Crippen LogP contribution is 2.40. The molecule has 34 heavy (non-hydrogen) atoms. The minimum Gasteiger partial charge on any atom is -0.508 e. The van der Waals surface area contributed by atoms with Crippen LogP contribution in [0.15, 0.2) is 76.9 Å². The summed E-state index contributed by atoms with van der Waals surface area (Å²) in [5.41, 5.74) is 5.33. The van der Waals surface area contributed by atoms with Gasteiger partial charge in [-0.05, 0) is 68.7 Å². The van der Waals surface area contributed by atoms with Crippen molar-refractivity contribution < 1.29 is 19.4 Å². The van der Waals surface area contributed by atoms with E-state index in [4.69, 9.17) is 4.74 Å². The van der Waals surface area contributed by atoms with E-state index in [0.29, 0.717) is 5.69 Å². The first-order chi connectivity index (χ1) is 16.0. The molecule has 1 amide bonds. The van der Waals surface area contributed by atoms with Crippen LogP contribution in [0.2, 0.25) is 0 Å². The highest BCUT2D eigenvalue weighted by atomic mass is 16.5. The Kier molecular flexibility index (Phi) is 9.67. The summed E-state index contributed by atoms with van der Waals surface area (Å²) < 4.78 is 5.19. The second kappa shape index (κ2) is 12.2. The Morgan fingerprint density at radius 1 is 1.18 bits per heavy atom. The maximum Gasteiger partial charge on any atom is 0.310 e. The fraction of sp³-hybridized carbons (Fsp3) is 0.379. The molecule has 5 nitrogen and oxygen atoms in total. The number of rotatable bonds is 8. The lowest BCUT2D eigenvalue weighted by Crippen LogP contribution is -2.19. The number of esters is 1. The minimum atomic E-state index is -0.453. The van der Waals surface area contributed by atoms with Gasteiger partial charge in [-0.1, -0.05) is 62.3 Å². The predicted molar refractivity (Wildman–Crippen MR) is 139 cm³/mol. The quantitative estimate of drug-likeness (QED) is 0.141. The zero-order valence-electron chi connectivity index (χ0n) is 21.2. The van der Waals surface area contributed by atoms with Crippen LogP contribution in [-0.2, 0) is 9.59 Å². The first-order valence-corrected chi connectivity index (χ1v) is 11.8. The number of hydrogen-bond donors (Lipinski definition) is 2. The van der Waals surface area contributed by atoms with Gasteiger partial charge in [-0.15, -0.1) is 0 Å². The minimum absolute atomic E-state index is 0.0544. The number of ether oxygens (including phenoxy) is 1. The molecule has 0 atom stereocenters. The summed E-state index contributed by atoms with van der Waals surface area (Å²) in [4.78, 5) is 24.0. The largest absolute Gasteiger partial charge is 0.508 e. The molecule has 1 aromatic carbocycles. The summed E-state index contributed by atoms with van der Waals surface area (Å²) in [5.74, 6) is -0.755. The van der Waals surface area contributed by atoms with Crippen LogP contribution in [0.3, 0.4) is 0 Å². The van der Waals surface area contributed by atoms with Crippen LogP contribution in [0.25, 0.3) is 0 Å². The zero-order chi connectivity index (χ0) is 25.3. The van der Waals surface area contributed by atoms with Gasteiger partial charge in [0.1, 0.15) is 5.75 Å². The lowest BCUT2D eigenvalue weighted by Gasteiger charge is -2.32. The molecule has 0 aromatic heterocycles. The van der Waals surface area contributed by atoms with Gasteiger partial charge >= 0.3 is 5.97 Å². The maximum atomic E-state index is 12.4. The van der Waals surface area contributed by atoms with E-state index in [2.05, 4.69) is 45.2 Å². The standard InChI is InChI=1S/C29H37NO4/c1-7-28(33)34-26-19-23(31)14-16-25(26)30-27(32)18-21(3)11-8-10-20(2)13-15-24-22(4)12-9-17-29(24,5)6/h8,10-11,13-16,18-19,31H,7,9,12,17H2,1-6H3,(H,30,32)/b11-8+,15-13+,20-10+,21-18+. The molecule has 0 bridgehead atoms. The number of hydrogen-bond acceptors (Lipinski definition) is 4. The number of nitrogens with one attached hydrogen (secondary N) is 1. The Morgan fingerprint density at radius 2 is 1.91 bits per heavy atom. The Morgan fingerprint density at radius 3 is 2.59 bits per heavy atom. The number of phenolic OH excluding ortho intramolecular Hbond substituents is 1. The van der Waals surface area contributed by atoms with Crippen LogP contribution >= 0.6 is 0 Å². The van der Waals surface area contributed by atoms with Crippen molar-refractivity contribution in [3.05, 3.63) is 76.9 Å². The van der Waals surface area contributed by atoms with Crippen LogP contribution in [0, 0.1) is 5.41 Å². The average molecular weight is 464 g/mol. The van der Waals surface area contributed by atoms with Gasteiger partial charge in [-0.2, -0.15) is 0 Å². The van der Waals surface area contributed by atoms with Crippen molar-refractivity contribution >= 4 is 17.6 Å². The van der Waals surface area contributed by atoms with Gasteiger partial charge in [0.25, 0.3) is 0 Å². The van der Waals surface area contributed by atoms with Crippen molar-refractivity contribution in [3.8, 4) is 11.5 Å². The summed E-state index contributed by atoms with van der Waals surface area (Å²) in [6.45, 7) is 12.4. The van der Waals surface area contributed by atoms with E-state index in [1.807, 2.05) is 25.2 Å². The van der Waals surface area contributed by atoms with Crippen molar-refractivity contribution in [3.63, 3.8) is 0 Å². The molecular weight excluding hydrogens is 426 g/mol. The predicted octanol–water partition coefficient (Wildman–Crippen LogP) is 7.18. The van der Waals surface area contributed by atoms with E-state index in [9.17, 15) is 14.7 Å². The van der Waals surface area contributed by atoms with Crippen LogP contribution in [0.1, 0.15) is 67.2 Å². The number of aromatic hydroxyl groups is 1. The molecule has 0 aliphatic heterocycles. The summed E-state index contributed by atoms with van der Waals surface area (Å²) >= 11 is 0. The molecule has 0 heterocycles. The third kappa shape index (κ3) is 8.22. The van der Waals surface area contributed by atoms with Gasteiger partial charge in [0, 0.05) is 18.6 Å². The van der Waals surface area contributed by atoms with Gasteiger partial charge in [-0.25, -0.2) is 0 Å². The second-order valence-corrected chi connectivity index (χ2v) is 9.42. The molecule has 1 aromatic rings. The first-order valence-electron chi connectivity index (χ1n) is 11.8. The zero-order valence-corrected chi connectivity index (χ0v) is 21.2. The highest BCUT2D eigenvalue weighted by molar-refractivity contribution is 6.01. The first kappa shape index (κ1) is 26.9. The molecule has 1 aliphatic carbocycles. The van der Waals surface area contributed by atoms with E-state index >= 15 is 0 Å². The maximum absolute atomic E-state index is 12.4. The third-order valence-electron chi connectivity index (χ3n) is 5.87. The normalized spacial score (nSPS) is 16.9. The molecule has 2 rings (SSSR count). The summed E-state index contributed by atoms with van der Waals surface area (Å²) in [7, 11) is 0. The number of phenols is 1. The van der Waals surface area contributed by atoms with E-state index in [0.717, 1.165) is 11.1 Å². The molecular formula is C29H37NO4. The molecule has 2 N–H and O–H groups in total. The van der Waals surface area contributed by atoms with Crippen molar-refractivity contribution in [1.29, 1.82) is 0 Å². The van der Waals surface area contributed by atoms with E-state index in [-0.39, 0.29) is 29.2 Å². The third-order valence-corrected chi connectivity index (χ3v) is 5.87. The molecule has 1 aliphatic rings. The molecule has 0 fully saturated rings. The number of benzene rings is 1. The number of allylic oxidation sites excluding steroid dienone is 9. The van der Waals surface area contributed by atoms with Gasteiger partial charge < -0.3 is 15.2 Å². The van der Waals surface area contributed by atoms with Crippen LogP contribution < -0.4 is 10.1 Å². The molecule has 0 saturated carbocycles. The van der Waals surface area contributed by atoms with Crippen molar-refractivity contribution in [1.82, 2.24) is 0 Å². The number of amides is 1. The van der Waals surface area contributed by atoms with Gasteiger partial charge in [0.05, 0.1) is 5.69 Å². The Balaban J connectivity index is 2.03. The topological polar surface area (TPSA) is 75.6 Å². The molecule has 0 radical (unpaired) electrons. The summed E-state index contributed by atoms with van der Waals surface area (Å²) in [6.07, 6.45) is 15.5. The molecule has 182 valence electrons. The number of carbonyl (C=O) groups is 2. The number of carbonyl (C=O) groups excluding carboxylic acids is 2. The van der Waals surface area contributed by atoms with E-state index in [1.54, 1.807) is 6.92 Å². The Bertz CT molecular complexity index is 1070. The number of anilines is 1. The Hall–Kier alpha value is -3.34. The van der Waals surface area contributed by atoms with Gasteiger partial charge in [-0.3, -0.25) is 9.59 Å². The SMILES string of the molecule is CCC(=O)Oc1cc(O)ccc1NC(=O)/C=C(C)/C=C/C=C(C)/C=C/C1=C(C)CCCC1(C)C. The second-order valence-electron chi connectivity index (χ2n) is 9.42. The highest BCUT2D eigenvalue weighted by Gasteiger charge is 2.26. The van der Waals surface area contributed by atoms with Crippen molar-refractivity contribution in [2.75, 3.05) is 5.32 Å². The van der Waals surface area contributed by atoms with Gasteiger partial charge in [0.2, 0.25) is 5.91 Å². The summed E-state index contributed by atoms with van der Waals surface area (Å²) in [5, 5.41) is 12.4. The van der Waals surface area contributed by atoms with E-state index in [1.165, 1.54) is 54.7 Å². The van der Waals surface area contributed by atoms with Crippen LogP contribution in [-0.4, -0.2) is 17.0 Å². The van der Waals surface area contributed by atoms with Gasteiger partial charge in [0.15, 0.2) is 5.75 Å². The monoisotopic (exact) mass is 463 g/mol. The van der Waals surface area contributed by atoms with Crippen LogP contribution in [0.5, 0.6) is 11.5 Å². The lowest BCUT2D eigenvalue weighted by molar-refractivity contribution is -0.134.